The maximum Gasteiger partial charge on any atom is 0.0609 e. The Morgan fingerprint density at radius 1 is 0.833 bits per heavy atom. The first-order valence-electron chi connectivity index (χ1n) is 5.57. The summed E-state index contributed by atoms with van der Waals surface area (Å²) in [6.07, 6.45) is 9.40. The highest BCUT2D eigenvalue weighted by Crippen LogP contribution is 2.48. The van der Waals surface area contributed by atoms with Crippen molar-refractivity contribution in [2.24, 2.45) is 17.8 Å². The zero-order valence-electron chi connectivity index (χ0n) is 7.67. The van der Waals surface area contributed by atoms with E-state index in [4.69, 9.17) is 4.74 Å². The van der Waals surface area contributed by atoms with Crippen LogP contribution in [0.3, 0.4) is 0 Å². The van der Waals surface area contributed by atoms with Crippen molar-refractivity contribution in [1.82, 2.24) is 0 Å². The van der Waals surface area contributed by atoms with Crippen molar-refractivity contribution in [2.45, 2.75) is 44.6 Å². The SMILES string of the molecule is C1CC2CCCC3OCC(C1)C23. The van der Waals surface area contributed by atoms with Crippen molar-refractivity contribution in [1.29, 1.82) is 0 Å². The standard InChI is InChI=1S/C11H18O/c1-3-8-4-2-6-10-11(8)9(5-1)7-12-10/h8-11H,1-7H2. The van der Waals surface area contributed by atoms with Crippen molar-refractivity contribution in [3.05, 3.63) is 0 Å². The summed E-state index contributed by atoms with van der Waals surface area (Å²) >= 11 is 0. The number of rotatable bonds is 0. The van der Waals surface area contributed by atoms with Gasteiger partial charge in [0.2, 0.25) is 0 Å². The molecule has 2 saturated carbocycles. The largest absolute Gasteiger partial charge is 0.378 e. The van der Waals surface area contributed by atoms with E-state index in [1.165, 1.54) is 38.5 Å². The van der Waals surface area contributed by atoms with E-state index in [1.54, 1.807) is 0 Å². The molecule has 4 unspecified atom stereocenters. The van der Waals surface area contributed by atoms with Crippen molar-refractivity contribution in [3.8, 4) is 0 Å². The van der Waals surface area contributed by atoms with Crippen molar-refractivity contribution < 1.29 is 4.74 Å². The average molecular weight is 166 g/mol. The summed E-state index contributed by atoms with van der Waals surface area (Å²) in [5.41, 5.74) is 0. The Hall–Kier alpha value is -0.0400. The first-order valence-corrected chi connectivity index (χ1v) is 5.57. The summed E-state index contributed by atoms with van der Waals surface area (Å²) in [6.45, 7) is 1.09. The molecule has 1 aliphatic heterocycles. The second-order valence-corrected chi connectivity index (χ2v) is 4.83. The topological polar surface area (TPSA) is 9.23 Å². The van der Waals surface area contributed by atoms with Gasteiger partial charge in [0.15, 0.2) is 0 Å². The Labute approximate surface area is 74.5 Å². The molecule has 68 valence electrons. The van der Waals surface area contributed by atoms with Gasteiger partial charge in [-0.25, -0.2) is 0 Å². The van der Waals surface area contributed by atoms with Gasteiger partial charge in [0.25, 0.3) is 0 Å². The third-order valence-electron chi connectivity index (χ3n) is 4.26. The van der Waals surface area contributed by atoms with Crippen LogP contribution in [0.2, 0.25) is 0 Å². The Morgan fingerprint density at radius 3 is 2.50 bits per heavy atom. The van der Waals surface area contributed by atoms with E-state index in [9.17, 15) is 0 Å². The summed E-state index contributed by atoms with van der Waals surface area (Å²) in [6, 6.07) is 0. The van der Waals surface area contributed by atoms with Crippen LogP contribution >= 0.6 is 0 Å². The van der Waals surface area contributed by atoms with Gasteiger partial charge in [-0.15, -0.1) is 0 Å². The highest BCUT2D eigenvalue weighted by Gasteiger charge is 2.45. The van der Waals surface area contributed by atoms with Gasteiger partial charge in [0, 0.05) is 0 Å². The van der Waals surface area contributed by atoms with E-state index >= 15 is 0 Å². The van der Waals surface area contributed by atoms with Gasteiger partial charge in [-0.3, -0.25) is 0 Å². The van der Waals surface area contributed by atoms with Crippen LogP contribution in [0.1, 0.15) is 38.5 Å². The first kappa shape index (κ1) is 7.37. The average Bonchev–Trinajstić information content (AvgIpc) is 2.52. The maximum atomic E-state index is 5.87. The molecule has 0 aromatic heterocycles. The quantitative estimate of drug-likeness (QED) is 0.537. The van der Waals surface area contributed by atoms with Gasteiger partial charge in [-0.05, 0) is 37.0 Å². The monoisotopic (exact) mass is 166 g/mol. The molecule has 0 aromatic carbocycles. The van der Waals surface area contributed by atoms with Crippen LogP contribution in [-0.4, -0.2) is 12.7 Å². The van der Waals surface area contributed by atoms with Gasteiger partial charge >= 0.3 is 0 Å². The Bertz CT molecular complexity index is 160. The van der Waals surface area contributed by atoms with Crippen LogP contribution in [0.25, 0.3) is 0 Å². The fourth-order valence-corrected chi connectivity index (χ4v) is 3.77. The predicted molar refractivity (Wildman–Crippen MR) is 47.9 cm³/mol. The minimum absolute atomic E-state index is 0.675. The van der Waals surface area contributed by atoms with E-state index in [1.807, 2.05) is 0 Å². The van der Waals surface area contributed by atoms with Crippen LogP contribution in [0.15, 0.2) is 0 Å². The molecule has 0 amide bonds. The van der Waals surface area contributed by atoms with E-state index in [0.717, 1.165) is 24.4 Å². The normalized spacial score (nSPS) is 52.0. The van der Waals surface area contributed by atoms with Crippen molar-refractivity contribution >= 4 is 0 Å². The zero-order chi connectivity index (χ0) is 7.97. The van der Waals surface area contributed by atoms with E-state index in [0.29, 0.717) is 6.10 Å². The number of hydrogen-bond acceptors (Lipinski definition) is 1. The molecule has 1 heterocycles. The molecule has 3 fully saturated rings. The Morgan fingerprint density at radius 2 is 1.58 bits per heavy atom. The lowest BCUT2D eigenvalue weighted by molar-refractivity contribution is 0.0359. The van der Waals surface area contributed by atoms with Gasteiger partial charge < -0.3 is 4.74 Å². The number of hydrogen-bond donors (Lipinski definition) is 0. The lowest BCUT2D eigenvalue weighted by Gasteiger charge is -2.39. The molecule has 0 aromatic rings. The molecule has 4 atom stereocenters. The Kier molecular flexibility index (Phi) is 1.68. The molecule has 0 bridgehead atoms. The van der Waals surface area contributed by atoms with Crippen LogP contribution in [-0.2, 0) is 4.74 Å². The van der Waals surface area contributed by atoms with E-state index < -0.39 is 0 Å². The molecule has 0 spiro atoms. The van der Waals surface area contributed by atoms with Crippen LogP contribution in [0.4, 0.5) is 0 Å². The molecular formula is C11H18O. The first-order chi connectivity index (χ1) is 5.95. The zero-order valence-corrected chi connectivity index (χ0v) is 7.67. The third kappa shape index (κ3) is 0.953. The van der Waals surface area contributed by atoms with Gasteiger partial charge in [0.05, 0.1) is 12.7 Å². The fraction of sp³-hybridized carbons (Fsp3) is 1.00. The summed E-state index contributed by atoms with van der Waals surface area (Å²) in [4.78, 5) is 0. The molecule has 3 aliphatic rings. The lowest BCUT2D eigenvalue weighted by Crippen LogP contribution is -2.35. The Balaban J connectivity index is 1.84. The maximum absolute atomic E-state index is 5.87. The molecule has 1 nitrogen and oxygen atoms in total. The minimum Gasteiger partial charge on any atom is -0.378 e. The molecule has 12 heavy (non-hydrogen) atoms. The smallest absolute Gasteiger partial charge is 0.0609 e. The molecule has 0 N–H and O–H groups in total. The molecule has 2 aliphatic carbocycles. The molecular weight excluding hydrogens is 148 g/mol. The second-order valence-electron chi connectivity index (χ2n) is 4.83. The molecule has 1 heteroatoms. The van der Waals surface area contributed by atoms with Crippen LogP contribution in [0.5, 0.6) is 0 Å². The second kappa shape index (κ2) is 2.73. The number of ether oxygens (including phenoxy) is 1. The molecule has 0 radical (unpaired) electrons. The highest BCUT2D eigenvalue weighted by molar-refractivity contribution is 4.94. The fourth-order valence-electron chi connectivity index (χ4n) is 3.77. The summed E-state index contributed by atoms with van der Waals surface area (Å²) in [5.74, 6) is 2.98. The lowest BCUT2D eigenvalue weighted by atomic mass is 9.66. The summed E-state index contributed by atoms with van der Waals surface area (Å²) in [5, 5.41) is 0. The third-order valence-corrected chi connectivity index (χ3v) is 4.26. The highest BCUT2D eigenvalue weighted by atomic mass is 16.5. The van der Waals surface area contributed by atoms with Crippen molar-refractivity contribution in [3.63, 3.8) is 0 Å². The predicted octanol–water partition coefficient (Wildman–Crippen LogP) is 2.60. The summed E-state index contributed by atoms with van der Waals surface area (Å²) in [7, 11) is 0. The molecule has 3 rings (SSSR count). The van der Waals surface area contributed by atoms with Crippen LogP contribution in [0, 0.1) is 17.8 Å². The van der Waals surface area contributed by atoms with E-state index in [-0.39, 0.29) is 0 Å². The van der Waals surface area contributed by atoms with Crippen LogP contribution < -0.4 is 0 Å². The van der Waals surface area contributed by atoms with Gasteiger partial charge in [0.1, 0.15) is 0 Å². The van der Waals surface area contributed by atoms with E-state index in [2.05, 4.69) is 0 Å². The van der Waals surface area contributed by atoms with Gasteiger partial charge in [-0.1, -0.05) is 19.3 Å². The summed E-state index contributed by atoms with van der Waals surface area (Å²) < 4.78 is 5.87. The minimum atomic E-state index is 0.675. The molecule has 1 saturated heterocycles. The van der Waals surface area contributed by atoms with Gasteiger partial charge in [-0.2, -0.15) is 0 Å². The van der Waals surface area contributed by atoms with Crippen molar-refractivity contribution in [2.75, 3.05) is 6.61 Å².